The molecule has 2 aromatic carbocycles. The molecule has 0 spiro atoms. The fourth-order valence-electron chi connectivity index (χ4n) is 3.53. The van der Waals surface area contributed by atoms with Crippen LogP contribution in [0.15, 0.2) is 54.6 Å². The highest BCUT2D eigenvalue weighted by Gasteiger charge is 2.33. The van der Waals surface area contributed by atoms with Crippen LogP contribution in [0.5, 0.6) is 0 Å². The maximum atomic E-state index is 12.9. The maximum Gasteiger partial charge on any atom is 0.268 e. The lowest BCUT2D eigenvalue weighted by atomic mass is 10.00. The predicted molar refractivity (Wildman–Crippen MR) is 120 cm³/mol. The molecule has 0 unspecified atom stereocenters. The number of hydrogen-bond donors (Lipinski definition) is 3. The Morgan fingerprint density at radius 1 is 1.20 bits per heavy atom. The molecule has 2 atom stereocenters. The van der Waals surface area contributed by atoms with Crippen LogP contribution in [0.2, 0.25) is 5.02 Å². The molecule has 3 aromatic rings. The Kier molecular flexibility index (Phi) is 6.32. The van der Waals surface area contributed by atoms with Crippen LogP contribution in [0.4, 0.5) is 0 Å². The van der Waals surface area contributed by atoms with E-state index in [1.165, 1.54) is 0 Å². The molecule has 0 radical (unpaired) electrons. The topological polar surface area (TPSA) is 85.4 Å². The van der Waals surface area contributed by atoms with Crippen LogP contribution < -0.4 is 5.32 Å². The third-order valence-electron chi connectivity index (χ3n) is 5.14. The van der Waals surface area contributed by atoms with Gasteiger partial charge in [0.05, 0.1) is 11.9 Å². The Morgan fingerprint density at radius 2 is 2.00 bits per heavy atom. The first-order chi connectivity index (χ1) is 14.5. The molecule has 6 nitrogen and oxygen atoms in total. The van der Waals surface area contributed by atoms with Crippen LogP contribution in [-0.4, -0.2) is 57.1 Å². The summed E-state index contributed by atoms with van der Waals surface area (Å²) in [6.45, 7) is 0.606. The number of H-pyrrole nitrogens is 1. The standard InChI is InChI=1S/C22H22ClN3O3S/c23-16-6-7-17-15(11-16)12-19(24-17)21(28)25-18(10-14-4-2-1-3-5-14)20(27)22(29)26-8-9-30-13-26/h1-7,11-12,18,20,24,27H,8-10,13H2,(H,25,28)/t18-,20+/m0/s1. The van der Waals surface area contributed by atoms with Crippen LogP contribution >= 0.6 is 23.4 Å². The van der Waals surface area contributed by atoms with E-state index in [4.69, 9.17) is 11.6 Å². The molecule has 0 aliphatic carbocycles. The molecule has 30 heavy (non-hydrogen) atoms. The Bertz CT molecular complexity index is 1050. The molecule has 0 saturated carbocycles. The van der Waals surface area contributed by atoms with Gasteiger partial charge in [0.2, 0.25) is 0 Å². The Labute approximate surface area is 183 Å². The second kappa shape index (κ2) is 9.12. The van der Waals surface area contributed by atoms with E-state index < -0.39 is 12.1 Å². The van der Waals surface area contributed by atoms with Crippen LogP contribution in [0.3, 0.4) is 0 Å². The molecular weight excluding hydrogens is 422 g/mol. The van der Waals surface area contributed by atoms with E-state index in [0.717, 1.165) is 22.2 Å². The largest absolute Gasteiger partial charge is 0.381 e. The van der Waals surface area contributed by atoms with Crippen molar-refractivity contribution in [3.63, 3.8) is 0 Å². The number of aliphatic hydroxyl groups is 1. The summed E-state index contributed by atoms with van der Waals surface area (Å²) >= 11 is 7.68. The Hall–Kier alpha value is -2.48. The van der Waals surface area contributed by atoms with E-state index in [1.807, 2.05) is 30.3 Å². The molecule has 0 bridgehead atoms. The number of aromatic nitrogens is 1. The van der Waals surface area contributed by atoms with Crippen molar-refractivity contribution in [3.8, 4) is 0 Å². The van der Waals surface area contributed by atoms with Crippen molar-refractivity contribution in [2.45, 2.75) is 18.6 Å². The third kappa shape index (κ3) is 4.64. The quantitative estimate of drug-likeness (QED) is 0.546. The van der Waals surface area contributed by atoms with Crippen molar-refractivity contribution >= 4 is 46.1 Å². The van der Waals surface area contributed by atoms with E-state index in [1.54, 1.807) is 40.9 Å². The number of aromatic amines is 1. The molecule has 4 rings (SSSR count). The summed E-state index contributed by atoms with van der Waals surface area (Å²) in [5, 5.41) is 15.1. The molecule has 1 aliphatic rings. The molecule has 1 aromatic heterocycles. The first-order valence-corrected chi connectivity index (χ1v) is 11.2. The summed E-state index contributed by atoms with van der Waals surface area (Å²) in [5.74, 6) is 0.673. The second-order valence-electron chi connectivity index (χ2n) is 7.27. The van der Waals surface area contributed by atoms with Gasteiger partial charge in [0.1, 0.15) is 5.69 Å². The molecule has 1 fully saturated rings. The molecule has 8 heteroatoms. The van der Waals surface area contributed by atoms with Gasteiger partial charge in [0.25, 0.3) is 11.8 Å². The number of nitrogens with zero attached hydrogens (tertiary/aromatic N) is 1. The fourth-order valence-corrected chi connectivity index (χ4v) is 4.66. The number of amides is 2. The van der Waals surface area contributed by atoms with Gasteiger partial charge in [0.15, 0.2) is 6.10 Å². The summed E-state index contributed by atoms with van der Waals surface area (Å²) in [6.07, 6.45) is -0.987. The number of fused-ring (bicyclic) bond motifs is 1. The summed E-state index contributed by atoms with van der Waals surface area (Å²) in [6, 6.07) is 15.8. The number of aliphatic hydroxyl groups excluding tert-OH is 1. The van der Waals surface area contributed by atoms with Crippen LogP contribution in [-0.2, 0) is 11.2 Å². The van der Waals surface area contributed by atoms with Gasteiger partial charge in [-0.1, -0.05) is 41.9 Å². The van der Waals surface area contributed by atoms with E-state index >= 15 is 0 Å². The van der Waals surface area contributed by atoms with Gasteiger partial charge in [-0.2, -0.15) is 0 Å². The van der Waals surface area contributed by atoms with Gasteiger partial charge in [0, 0.05) is 28.2 Å². The fraction of sp³-hybridized carbons (Fsp3) is 0.273. The van der Waals surface area contributed by atoms with Crippen molar-refractivity contribution in [3.05, 3.63) is 70.9 Å². The number of nitrogens with one attached hydrogen (secondary N) is 2. The lowest BCUT2D eigenvalue weighted by Gasteiger charge is -2.26. The van der Waals surface area contributed by atoms with Crippen molar-refractivity contribution < 1.29 is 14.7 Å². The van der Waals surface area contributed by atoms with Crippen molar-refractivity contribution in [2.75, 3.05) is 18.2 Å². The number of benzene rings is 2. The van der Waals surface area contributed by atoms with E-state index in [0.29, 0.717) is 29.6 Å². The molecule has 2 amide bonds. The second-order valence-corrected chi connectivity index (χ2v) is 8.78. The summed E-state index contributed by atoms with van der Waals surface area (Å²) in [5.41, 5.74) is 2.06. The normalized spacial score (nSPS) is 15.9. The number of carbonyl (C=O) groups excluding carboxylic acids is 2. The monoisotopic (exact) mass is 443 g/mol. The average molecular weight is 444 g/mol. The SMILES string of the molecule is O=C(N[C@@H](Cc1ccccc1)[C@@H](O)C(=O)N1CCSC1)c1cc2cc(Cl)ccc2[nH]1. The molecule has 156 valence electrons. The zero-order chi connectivity index (χ0) is 21.1. The Balaban J connectivity index is 1.55. The maximum absolute atomic E-state index is 12.9. The van der Waals surface area contributed by atoms with Gasteiger partial charge in [-0.3, -0.25) is 9.59 Å². The van der Waals surface area contributed by atoms with Crippen molar-refractivity contribution in [1.29, 1.82) is 0 Å². The molecule has 1 aliphatic heterocycles. The van der Waals surface area contributed by atoms with Gasteiger partial charge in [-0.15, -0.1) is 11.8 Å². The van der Waals surface area contributed by atoms with Crippen LogP contribution in [0.1, 0.15) is 16.1 Å². The zero-order valence-electron chi connectivity index (χ0n) is 16.2. The lowest BCUT2D eigenvalue weighted by Crippen LogP contribution is -2.52. The van der Waals surface area contributed by atoms with Crippen LogP contribution in [0.25, 0.3) is 10.9 Å². The van der Waals surface area contributed by atoms with E-state index in [9.17, 15) is 14.7 Å². The highest BCUT2D eigenvalue weighted by molar-refractivity contribution is 7.99. The van der Waals surface area contributed by atoms with E-state index in [2.05, 4.69) is 10.3 Å². The summed E-state index contributed by atoms with van der Waals surface area (Å²) < 4.78 is 0. The van der Waals surface area contributed by atoms with Gasteiger partial charge < -0.3 is 20.3 Å². The Morgan fingerprint density at radius 3 is 2.73 bits per heavy atom. The number of rotatable bonds is 6. The van der Waals surface area contributed by atoms with Gasteiger partial charge in [-0.25, -0.2) is 0 Å². The highest BCUT2D eigenvalue weighted by Crippen LogP contribution is 2.21. The minimum absolute atomic E-state index is 0.340. The first-order valence-electron chi connectivity index (χ1n) is 9.69. The summed E-state index contributed by atoms with van der Waals surface area (Å²) in [4.78, 5) is 30.4. The highest BCUT2D eigenvalue weighted by atomic mass is 35.5. The molecular formula is C22H22ClN3O3S. The number of hydrogen-bond acceptors (Lipinski definition) is 4. The van der Waals surface area contributed by atoms with Gasteiger partial charge in [-0.05, 0) is 36.2 Å². The number of carbonyl (C=O) groups is 2. The molecule has 2 heterocycles. The minimum atomic E-state index is -1.33. The lowest BCUT2D eigenvalue weighted by molar-refractivity contribution is -0.140. The number of thioether (sulfide) groups is 1. The predicted octanol–water partition coefficient (Wildman–Crippen LogP) is 3.06. The average Bonchev–Trinajstić information content (AvgIpc) is 3.42. The van der Waals surface area contributed by atoms with Crippen molar-refractivity contribution in [1.82, 2.24) is 15.2 Å². The number of halogens is 1. The van der Waals surface area contributed by atoms with Crippen LogP contribution in [0, 0.1) is 0 Å². The third-order valence-corrected chi connectivity index (χ3v) is 6.34. The summed E-state index contributed by atoms with van der Waals surface area (Å²) in [7, 11) is 0. The zero-order valence-corrected chi connectivity index (χ0v) is 17.7. The molecule has 3 N–H and O–H groups in total. The van der Waals surface area contributed by atoms with Crippen molar-refractivity contribution in [2.24, 2.45) is 0 Å². The van der Waals surface area contributed by atoms with E-state index in [-0.39, 0.29) is 11.8 Å². The molecule has 1 saturated heterocycles. The minimum Gasteiger partial charge on any atom is -0.381 e. The van der Waals surface area contributed by atoms with Gasteiger partial charge >= 0.3 is 0 Å². The smallest absolute Gasteiger partial charge is 0.268 e. The first kappa shape index (κ1) is 20.8.